The standard InChI is InChI=1S/C16H16ClNO2/c1-10-6-8-12(9-7-10)11(2)18-14-5-3-4-13(17)15(14)16(19)20/h3-9,11,18H,1-2H3,(H,19,20). The van der Waals surface area contributed by atoms with Crippen molar-refractivity contribution in [3.8, 4) is 0 Å². The third-order valence-corrected chi connectivity index (χ3v) is 3.49. The Hall–Kier alpha value is -2.00. The molecule has 4 heteroatoms. The summed E-state index contributed by atoms with van der Waals surface area (Å²) in [7, 11) is 0. The summed E-state index contributed by atoms with van der Waals surface area (Å²) in [5.41, 5.74) is 2.91. The normalized spacial score (nSPS) is 11.9. The van der Waals surface area contributed by atoms with Gasteiger partial charge in [0.2, 0.25) is 0 Å². The lowest BCUT2D eigenvalue weighted by Crippen LogP contribution is -2.11. The Morgan fingerprint density at radius 3 is 2.45 bits per heavy atom. The van der Waals surface area contributed by atoms with Gasteiger partial charge < -0.3 is 10.4 Å². The molecule has 2 aromatic rings. The molecule has 1 unspecified atom stereocenters. The lowest BCUT2D eigenvalue weighted by Gasteiger charge is -2.18. The van der Waals surface area contributed by atoms with E-state index in [1.165, 1.54) is 5.56 Å². The molecule has 20 heavy (non-hydrogen) atoms. The zero-order chi connectivity index (χ0) is 14.7. The smallest absolute Gasteiger partial charge is 0.339 e. The van der Waals surface area contributed by atoms with E-state index in [-0.39, 0.29) is 16.6 Å². The van der Waals surface area contributed by atoms with Crippen LogP contribution in [0, 0.1) is 6.92 Å². The van der Waals surface area contributed by atoms with E-state index in [1.807, 2.05) is 38.1 Å². The summed E-state index contributed by atoms with van der Waals surface area (Å²) in [5.74, 6) is -1.03. The highest BCUT2D eigenvalue weighted by atomic mass is 35.5. The molecule has 104 valence electrons. The molecule has 2 N–H and O–H groups in total. The summed E-state index contributed by atoms with van der Waals surface area (Å²) in [6.07, 6.45) is 0. The third-order valence-electron chi connectivity index (χ3n) is 3.18. The monoisotopic (exact) mass is 289 g/mol. The number of aryl methyl sites for hydroxylation is 1. The number of halogens is 1. The van der Waals surface area contributed by atoms with Gasteiger partial charge in [-0.1, -0.05) is 47.5 Å². The van der Waals surface area contributed by atoms with Crippen LogP contribution < -0.4 is 5.32 Å². The number of carboxylic acids is 1. The van der Waals surface area contributed by atoms with Crippen LogP contribution in [0.1, 0.15) is 34.5 Å². The molecule has 0 heterocycles. The maximum Gasteiger partial charge on any atom is 0.339 e. The first-order valence-electron chi connectivity index (χ1n) is 6.34. The molecule has 0 spiro atoms. The van der Waals surface area contributed by atoms with Gasteiger partial charge in [0.15, 0.2) is 0 Å². The highest BCUT2D eigenvalue weighted by Crippen LogP contribution is 2.27. The Bertz CT molecular complexity index is 623. The maximum absolute atomic E-state index is 11.3. The number of carbonyl (C=O) groups is 1. The number of hydrogen-bond acceptors (Lipinski definition) is 2. The number of rotatable bonds is 4. The van der Waals surface area contributed by atoms with Crippen LogP contribution in [0.5, 0.6) is 0 Å². The molecule has 2 rings (SSSR count). The van der Waals surface area contributed by atoms with E-state index >= 15 is 0 Å². The summed E-state index contributed by atoms with van der Waals surface area (Å²) in [6.45, 7) is 4.01. The Kier molecular flexibility index (Phi) is 4.30. The van der Waals surface area contributed by atoms with Crippen LogP contribution in [-0.4, -0.2) is 11.1 Å². The zero-order valence-corrected chi connectivity index (χ0v) is 12.1. The minimum atomic E-state index is -1.03. The maximum atomic E-state index is 11.3. The van der Waals surface area contributed by atoms with E-state index in [0.29, 0.717) is 5.69 Å². The molecule has 0 aliphatic rings. The van der Waals surface area contributed by atoms with Crippen molar-refractivity contribution in [3.63, 3.8) is 0 Å². The summed E-state index contributed by atoms with van der Waals surface area (Å²) in [4.78, 5) is 11.3. The van der Waals surface area contributed by atoms with Crippen molar-refractivity contribution in [2.45, 2.75) is 19.9 Å². The van der Waals surface area contributed by atoms with Crippen LogP contribution in [0.15, 0.2) is 42.5 Å². The largest absolute Gasteiger partial charge is 0.478 e. The van der Waals surface area contributed by atoms with Crippen molar-refractivity contribution in [1.29, 1.82) is 0 Å². The van der Waals surface area contributed by atoms with E-state index in [1.54, 1.807) is 18.2 Å². The molecule has 0 amide bonds. The third kappa shape index (κ3) is 3.11. The van der Waals surface area contributed by atoms with Gasteiger partial charge in [-0.3, -0.25) is 0 Å². The molecule has 0 saturated carbocycles. The molecular formula is C16H16ClNO2. The van der Waals surface area contributed by atoms with Crippen LogP contribution in [-0.2, 0) is 0 Å². The Balaban J connectivity index is 2.28. The zero-order valence-electron chi connectivity index (χ0n) is 11.4. The van der Waals surface area contributed by atoms with Crippen LogP contribution in [0.2, 0.25) is 5.02 Å². The Morgan fingerprint density at radius 2 is 1.85 bits per heavy atom. The van der Waals surface area contributed by atoms with Gasteiger partial charge in [-0.15, -0.1) is 0 Å². The quantitative estimate of drug-likeness (QED) is 0.870. The summed E-state index contributed by atoms with van der Waals surface area (Å²) in [6, 6.07) is 13.1. The van der Waals surface area contributed by atoms with Crippen molar-refractivity contribution in [2.24, 2.45) is 0 Å². The van der Waals surface area contributed by atoms with Gasteiger partial charge in [0.1, 0.15) is 5.56 Å². The molecule has 0 radical (unpaired) electrons. The number of aromatic carboxylic acids is 1. The first-order valence-corrected chi connectivity index (χ1v) is 6.71. The highest BCUT2D eigenvalue weighted by molar-refractivity contribution is 6.34. The second-order valence-electron chi connectivity index (χ2n) is 4.74. The van der Waals surface area contributed by atoms with E-state index in [2.05, 4.69) is 5.32 Å². The number of nitrogens with one attached hydrogen (secondary N) is 1. The number of benzene rings is 2. The van der Waals surface area contributed by atoms with Gasteiger partial charge in [-0.25, -0.2) is 4.79 Å². The summed E-state index contributed by atoms with van der Waals surface area (Å²) >= 11 is 5.95. The van der Waals surface area contributed by atoms with E-state index in [9.17, 15) is 9.90 Å². The average molecular weight is 290 g/mol. The first-order chi connectivity index (χ1) is 9.49. The van der Waals surface area contributed by atoms with E-state index in [4.69, 9.17) is 11.6 Å². The van der Waals surface area contributed by atoms with Gasteiger partial charge in [0.25, 0.3) is 0 Å². The second-order valence-corrected chi connectivity index (χ2v) is 5.15. The van der Waals surface area contributed by atoms with Crippen LogP contribution in [0.25, 0.3) is 0 Å². The van der Waals surface area contributed by atoms with E-state index < -0.39 is 5.97 Å². The van der Waals surface area contributed by atoms with Gasteiger partial charge >= 0.3 is 5.97 Å². The second kappa shape index (κ2) is 5.97. The molecule has 0 saturated heterocycles. The lowest BCUT2D eigenvalue weighted by molar-refractivity contribution is 0.0698. The predicted octanol–water partition coefficient (Wildman–Crippen LogP) is 4.52. The summed E-state index contributed by atoms with van der Waals surface area (Å²) in [5, 5.41) is 12.7. The molecule has 0 fully saturated rings. The van der Waals surface area contributed by atoms with Gasteiger partial charge in [0, 0.05) is 6.04 Å². The van der Waals surface area contributed by atoms with Crippen molar-refractivity contribution in [2.75, 3.05) is 5.32 Å². The van der Waals surface area contributed by atoms with Crippen molar-refractivity contribution in [1.82, 2.24) is 0 Å². The fraction of sp³-hybridized carbons (Fsp3) is 0.188. The van der Waals surface area contributed by atoms with Crippen molar-refractivity contribution < 1.29 is 9.90 Å². The van der Waals surface area contributed by atoms with Gasteiger partial charge in [0.05, 0.1) is 10.7 Å². The molecule has 0 aliphatic heterocycles. The highest BCUT2D eigenvalue weighted by Gasteiger charge is 2.16. The molecule has 0 aliphatic carbocycles. The van der Waals surface area contributed by atoms with Gasteiger partial charge in [-0.05, 0) is 31.5 Å². The van der Waals surface area contributed by atoms with Crippen LogP contribution >= 0.6 is 11.6 Å². The van der Waals surface area contributed by atoms with Gasteiger partial charge in [-0.2, -0.15) is 0 Å². The Labute approximate surface area is 123 Å². The molecule has 0 bridgehead atoms. The molecule has 0 aromatic heterocycles. The molecular weight excluding hydrogens is 274 g/mol. The fourth-order valence-electron chi connectivity index (χ4n) is 2.03. The predicted molar refractivity (Wildman–Crippen MR) is 81.6 cm³/mol. The summed E-state index contributed by atoms with van der Waals surface area (Å²) < 4.78 is 0. The fourth-order valence-corrected chi connectivity index (χ4v) is 2.29. The number of hydrogen-bond donors (Lipinski definition) is 2. The number of anilines is 1. The molecule has 2 aromatic carbocycles. The SMILES string of the molecule is Cc1ccc(C(C)Nc2cccc(Cl)c2C(=O)O)cc1. The number of carboxylic acid groups (broad SMARTS) is 1. The first kappa shape index (κ1) is 14.4. The van der Waals surface area contributed by atoms with Crippen LogP contribution in [0.4, 0.5) is 5.69 Å². The minimum Gasteiger partial charge on any atom is -0.478 e. The topological polar surface area (TPSA) is 49.3 Å². The van der Waals surface area contributed by atoms with E-state index in [0.717, 1.165) is 5.56 Å². The lowest BCUT2D eigenvalue weighted by atomic mass is 10.1. The Morgan fingerprint density at radius 1 is 1.20 bits per heavy atom. The molecule has 3 nitrogen and oxygen atoms in total. The van der Waals surface area contributed by atoms with Crippen LogP contribution in [0.3, 0.4) is 0 Å². The molecule has 1 atom stereocenters. The van der Waals surface area contributed by atoms with Crippen molar-refractivity contribution in [3.05, 3.63) is 64.2 Å². The average Bonchev–Trinajstić information content (AvgIpc) is 2.39. The van der Waals surface area contributed by atoms with Crippen molar-refractivity contribution >= 4 is 23.3 Å². The minimum absolute atomic E-state index is 0.00725.